The second-order valence-corrected chi connectivity index (χ2v) is 1.69. The molecular formula is C7H6N2O. The van der Waals surface area contributed by atoms with Gasteiger partial charge < -0.3 is 4.74 Å². The van der Waals surface area contributed by atoms with Gasteiger partial charge in [0.15, 0.2) is 0 Å². The maximum atomic E-state index is 6.64. The molecule has 10 heavy (non-hydrogen) atoms. The minimum atomic E-state index is 0.499. The smallest absolute Gasteiger partial charge is 0.208 e. The summed E-state index contributed by atoms with van der Waals surface area (Å²) < 4.78 is 4.85. The van der Waals surface area contributed by atoms with E-state index >= 15 is 0 Å². The number of methoxy groups -OCH3 is 1. The maximum Gasteiger partial charge on any atom is 0.208 e. The quantitative estimate of drug-likeness (QED) is 0.546. The van der Waals surface area contributed by atoms with Crippen LogP contribution in [0.25, 0.3) is 4.85 Å². The summed E-state index contributed by atoms with van der Waals surface area (Å²) in [4.78, 5) is 6.97. The zero-order chi connectivity index (χ0) is 7.40. The van der Waals surface area contributed by atoms with Crippen LogP contribution in [0.2, 0.25) is 0 Å². The van der Waals surface area contributed by atoms with Crippen molar-refractivity contribution in [2.24, 2.45) is 0 Å². The van der Waals surface area contributed by atoms with Gasteiger partial charge in [0.1, 0.15) is 5.75 Å². The van der Waals surface area contributed by atoms with E-state index in [9.17, 15) is 0 Å². The van der Waals surface area contributed by atoms with E-state index < -0.39 is 0 Å². The minimum Gasteiger partial charge on any atom is -0.496 e. The Labute approximate surface area is 59.1 Å². The molecule has 0 amide bonds. The summed E-state index contributed by atoms with van der Waals surface area (Å²) >= 11 is 0. The fraction of sp³-hybridized carbons (Fsp3) is 0.143. The fourth-order valence-electron chi connectivity index (χ4n) is 0.580. The van der Waals surface area contributed by atoms with Crippen molar-refractivity contribution in [3.63, 3.8) is 0 Å². The first kappa shape index (κ1) is 6.56. The largest absolute Gasteiger partial charge is 0.496 e. The van der Waals surface area contributed by atoms with Gasteiger partial charge in [-0.3, -0.25) is 4.98 Å². The molecule has 0 spiro atoms. The van der Waals surface area contributed by atoms with Crippen molar-refractivity contribution >= 4 is 5.69 Å². The third-order valence-corrected chi connectivity index (χ3v) is 1.06. The molecule has 1 aromatic rings. The fourth-order valence-corrected chi connectivity index (χ4v) is 0.580. The van der Waals surface area contributed by atoms with Crippen molar-refractivity contribution in [2.45, 2.75) is 0 Å². The highest BCUT2D eigenvalue weighted by atomic mass is 16.5. The topological polar surface area (TPSA) is 26.5 Å². The Bertz CT molecular complexity index is 265. The summed E-state index contributed by atoms with van der Waals surface area (Å²) in [6, 6.07) is 1.64. The van der Waals surface area contributed by atoms with Crippen LogP contribution in [-0.4, -0.2) is 12.1 Å². The number of hydrogen-bond acceptors (Lipinski definition) is 2. The molecule has 0 saturated carbocycles. The lowest BCUT2D eigenvalue weighted by Gasteiger charge is -1.96. The average molecular weight is 134 g/mol. The zero-order valence-electron chi connectivity index (χ0n) is 5.53. The van der Waals surface area contributed by atoms with E-state index in [4.69, 9.17) is 11.3 Å². The number of pyridine rings is 1. The molecule has 0 N–H and O–H groups in total. The third-order valence-electron chi connectivity index (χ3n) is 1.06. The molecule has 3 nitrogen and oxygen atoms in total. The Morgan fingerprint density at radius 3 is 3.00 bits per heavy atom. The van der Waals surface area contributed by atoms with Gasteiger partial charge in [-0.05, 0) is 6.07 Å². The molecule has 0 unspecified atom stereocenters. The Morgan fingerprint density at radius 2 is 2.40 bits per heavy atom. The second kappa shape index (κ2) is 2.83. The molecule has 0 atom stereocenters. The first-order valence-electron chi connectivity index (χ1n) is 2.73. The summed E-state index contributed by atoms with van der Waals surface area (Å²) in [6.07, 6.45) is 3.06. The van der Waals surface area contributed by atoms with Crippen molar-refractivity contribution in [2.75, 3.05) is 7.11 Å². The van der Waals surface area contributed by atoms with Crippen molar-refractivity contribution in [1.29, 1.82) is 0 Å². The van der Waals surface area contributed by atoms with Gasteiger partial charge in [-0.15, -0.1) is 0 Å². The molecule has 0 aliphatic carbocycles. The SMILES string of the molecule is [C-]#[N+]c1cncc(OC)c1. The Kier molecular flexibility index (Phi) is 1.86. The van der Waals surface area contributed by atoms with Crippen LogP contribution >= 0.6 is 0 Å². The summed E-state index contributed by atoms with van der Waals surface area (Å²) in [7, 11) is 1.55. The lowest BCUT2D eigenvalue weighted by Crippen LogP contribution is -1.81. The van der Waals surface area contributed by atoms with Crippen LogP contribution in [-0.2, 0) is 0 Å². The van der Waals surface area contributed by atoms with E-state index in [1.54, 1.807) is 19.4 Å². The minimum absolute atomic E-state index is 0.499. The van der Waals surface area contributed by atoms with Gasteiger partial charge in [-0.1, -0.05) is 0 Å². The predicted molar refractivity (Wildman–Crippen MR) is 37.1 cm³/mol. The molecule has 3 heteroatoms. The first-order chi connectivity index (χ1) is 4.86. The molecule has 0 saturated heterocycles. The highest BCUT2D eigenvalue weighted by Gasteiger charge is 1.92. The van der Waals surface area contributed by atoms with Gasteiger partial charge in [-0.2, -0.15) is 0 Å². The monoisotopic (exact) mass is 134 g/mol. The first-order valence-corrected chi connectivity index (χ1v) is 2.73. The van der Waals surface area contributed by atoms with Crippen molar-refractivity contribution in [1.82, 2.24) is 4.98 Å². The van der Waals surface area contributed by atoms with Crippen LogP contribution in [0, 0.1) is 6.57 Å². The molecule has 0 aliphatic heterocycles. The standard InChI is InChI=1S/C7H6N2O/c1-8-6-3-7(10-2)5-9-4-6/h3-5H,2H3. The Balaban J connectivity index is 3.01. The molecule has 0 aromatic carbocycles. The lowest BCUT2D eigenvalue weighted by molar-refractivity contribution is 0.413. The van der Waals surface area contributed by atoms with Gasteiger partial charge in [-0.25, -0.2) is 4.85 Å². The normalized spacial score (nSPS) is 8.40. The highest BCUT2D eigenvalue weighted by molar-refractivity contribution is 5.45. The molecule has 50 valence electrons. The van der Waals surface area contributed by atoms with Gasteiger partial charge in [0.2, 0.25) is 5.69 Å². The molecule has 0 aliphatic rings. The molecule has 0 fully saturated rings. The Morgan fingerprint density at radius 1 is 1.60 bits per heavy atom. The second-order valence-electron chi connectivity index (χ2n) is 1.69. The molecule has 0 bridgehead atoms. The van der Waals surface area contributed by atoms with Crippen LogP contribution in [0.5, 0.6) is 5.75 Å². The summed E-state index contributed by atoms with van der Waals surface area (Å²) in [5.41, 5.74) is 0.499. The summed E-state index contributed by atoms with van der Waals surface area (Å²) in [5.74, 6) is 0.619. The maximum absolute atomic E-state index is 6.64. The number of hydrogen-bond donors (Lipinski definition) is 0. The molecular weight excluding hydrogens is 128 g/mol. The van der Waals surface area contributed by atoms with Crippen molar-refractivity contribution in [3.05, 3.63) is 29.9 Å². The lowest BCUT2D eigenvalue weighted by atomic mass is 10.4. The van der Waals surface area contributed by atoms with Crippen LogP contribution < -0.4 is 4.74 Å². The molecule has 1 aromatic heterocycles. The molecule has 0 radical (unpaired) electrons. The number of nitrogens with zero attached hydrogens (tertiary/aromatic N) is 2. The number of aromatic nitrogens is 1. The van der Waals surface area contributed by atoms with E-state index in [-0.39, 0.29) is 0 Å². The van der Waals surface area contributed by atoms with E-state index in [2.05, 4.69) is 9.83 Å². The van der Waals surface area contributed by atoms with Gasteiger partial charge in [0, 0.05) is 6.20 Å². The molecule has 1 heterocycles. The van der Waals surface area contributed by atoms with Crippen LogP contribution in [0.4, 0.5) is 5.69 Å². The Hall–Kier alpha value is -1.56. The van der Waals surface area contributed by atoms with Crippen LogP contribution in [0.1, 0.15) is 0 Å². The van der Waals surface area contributed by atoms with Crippen molar-refractivity contribution in [3.8, 4) is 5.75 Å². The van der Waals surface area contributed by atoms with E-state index in [1.165, 1.54) is 6.20 Å². The van der Waals surface area contributed by atoms with Crippen LogP contribution in [0.3, 0.4) is 0 Å². The average Bonchev–Trinajstić information content (AvgIpc) is 2.05. The van der Waals surface area contributed by atoms with Gasteiger partial charge >= 0.3 is 0 Å². The van der Waals surface area contributed by atoms with Crippen molar-refractivity contribution < 1.29 is 4.74 Å². The zero-order valence-corrected chi connectivity index (χ0v) is 5.53. The van der Waals surface area contributed by atoms with Gasteiger partial charge in [0.25, 0.3) is 0 Å². The van der Waals surface area contributed by atoms with Gasteiger partial charge in [0.05, 0.1) is 19.9 Å². The number of rotatable bonds is 1. The van der Waals surface area contributed by atoms with Crippen LogP contribution in [0.15, 0.2) is 18.5 Å². The van der Waals surface area contributed by atoms with E-state index in [0.717, 1.165) is 0 Å². The predicted octanol–water partition coefficient (Wildman–Crippen LogP) is 1.64. The summed E-state index contributed by atoms with van der Waals surface area (Å²) in [5, 5.41) is 0. The summed E-state index contributed by atoms with van der Waals surface area (Å²) in [6.45, 7) is 6.64. The third kappa shape index (κ3) is 1.23. The highest BCUT2D eigenvalue weighted by Crippen LogP contribution is 2.16. The number of ether oxygens (including phenoxy) is 1. The molecule has 1 rings (SSSR count). The van der Waals surface area contributed by atoms with E-state index in [0.29, 0.717) is 11.4 Å². The van der Waals surface area contributed by atoms with E-state index in [1.807, 2.05) is 0 Å².